The van der Waals surface area contributed by atoms with Crippen molar-refractivity contribution in [2.75, 3.05) is 0 Å². The van der Waals surface area contributed by atoms with Crippen LogP contribution in [0.3, 0.4) is 0 Å². The van der Waals surface area contributed by atoms with Crippen LogP contribution in [0, 0.1) is 0 Å². The first-order valence-electron chi connectivity index (χ1n) is 4.73. The summed E-state index contributed by atoms with van der Waals surface area (Å²) >= 11 is 2.64. The quantitative estimate of drug-likeness (QED) is 0.646. The van der Waals surface area contributed by atoms with Crippen molar-refractivity contribution in [3.05, 3.63) is 33.8 Å². The third-order valence-corrected chi connectivity index (χ3v) is 4.28. The lowest BCUT2D eigenvalue weighted by Crippen LogP contribution is -2.51. The van der Waals surface area contributed by atoms with Crippen LogP contribution >= 0.6 is 23.3 Å². The summed E-state index contributed by atoms with van der Waals surface area (Å²) < 4.78 is 3.95. The van der Waals surface area contributed by atoms with Crippen LogP contribution in [0.5, 0.6) is 0 Å². The maximum Gasteiger partial charge on any atom is 0.353 e. The van der Waals surface area contributed by atoms with Gasteiger partial charge in [0.1, 0.15) is 11.1 Å². The van der Waals surface area contributed by atoms with E-state index in [0.29, 0.717) is 5.57 Å². The fraction of sp³-hybridized carbons (Fsp3) is 0.100. The second kappa shape index (κ2) is 3.71. The second-order valence-electron chi connectivity index (χ2n) is 3.49. The lowest BCUT2D eigenvalue weighted by atomic mass is 10.0. The Morgan fingerprint density at radius 2 is 2.41 bits per heavy atom. The van der Waals surface area contributed by atoms with Gasteiger partial charge in [-0.15, -0.1) is 11.8 Å². The molecule has 1 amide bonds. The summed E-state index contributed by atoms with van der Waals surface area (Å²) in [5.41, 5.74) is 0.693. The molecule has 1 aromatic heterocycles. The molecule has 0 unspecified atom stereocenters. The largest absolute Gasteiger partial charge is 0.477 e. The molecule has 2 aliphatic rings. The Morgan fingerprint density at radius 3 is 3.06 bits per heavy atom. The Hall–Kier alpha value is -1.60. The van der Waals surface area contributed by atoms with E-state index in [1.54, 1.807) is 12.3 Å². The van der Waals surface area contributed by atoms with Crippen LogP contribution in [0.1, 0.15) is 4.88 Å². The summed E-state index contributed by atoms with van der Waals surface area (Å²) in [5.74, 6) is -1.30. The molecular formula is C10H6N2O3S2. The molecule has 3 rings (SSSR count). The lowest BCUT2D eigenvalue weighted by molar-refractivity contribution is -0.141. The summed E-state index contributed by atoms with van der Waals surface area (Å²) in [6.07, 6.45) is 3.44. The van der Waals surface area contributed by atoms with Crippen molar-refractivity contribution in [3.8, 4) is 0 Å². The number of rotatable bonds is 2. The van der Waals surface area contributed by atoms with E-state index < -0.39 is 5.97 Å². The molecule has 86 valence electrons. The van der Waals surface area contributed by atoms with Crippen LogP contribution in [-0.2, 0) is 9.59 Å². The van der Waals surface area contributed by atoms with Gasteiger partial charge in [-0.25, -0.2) is 9.17 Å². The van der Waals surface area contributed by atoms with E-state index in [-0.39, 0.29) is 17.0 Å². The molecule has 1 N–H and O–H groups in total. The van der Waals surface area contributed by atoms with Gasteiger partial charge in [-0.3, -0.25) is 9.69 Å². The Bertz CT molecular complexity index is 562. The molecule has 17 heavy (non-hydrogen) atoms. The molecule has 7 heteroatoms. The normalized spacial score (nSPS) is 24.6. The summed E-state index contributed by atoms with van der Waals surface area (Å²) in [6, 6.07) is 1.82. The first-order valence-corrected chi connectivity index (χ1v) is 6.45. The number of thioether (sulfide) groups is 1. The number of carbonyl (C=O) groups excluding carboxylic acids is 1. The van der Waals surface area contributed by atoms with E-state index in [9.17, 15) is 9.59 Å². The number of carboxylic acid groups (broad SMARTS) is 1. The number of hydrogen-bond donors (Lipinski definition) is 1. The number of hydrogen-bond acceptors (Lipinski definition) is 5. The molecular weight excluding hydrogens is 260 g/mol. The number of carboxylic acids is 1. The van der Waals surface area contributed by atoms with E-state index >= 15 is 0 Å². The van der Waals surface area contributed by atoms with Gasteiger partial charge in [-0.2, -0.15) is 0 Å². The van der Waals surface area contributed by atoms with E-state index in [2.05, 4.69) is 4.37 Å². The van der Waals surface area contributed by atoms with Gasteiger partial charge in [0.25, 0.3) is 5.91 Å². The third-order valence-electron chi connectivity index (χ3n) is 2.51. The zero-order chi connectivity index (χ0) is 12.0. The van der Waals surface area contributed by atoms with Crippen molar-refractivity contribution in [2.24, 2.45) is 0 Å². The van der Waals surface area contributed by atoms with Crippen molar-refractivity contribution in [3.63, 3.8) is 0 Å². The topological polar surface area (TPSA) is 70.5 Å². The van der Waals surface area contributed by atoms with E-state index in [0.717, 1.165) is 4.88 Å². The first-order chi connectivity index (χ1) is 8.18. The molecule has 0 aromatic carbocycles. The van der Waals surface area contributed by atoms with E-state index in [1.165, 1.54) is 33.6 Å². The van der Waals surface area contributed by atoms with Crippen LogP contribution in [0.15, 0.2) is 28.9 Å². The van der Waals surface area contributed by atoms with Gasteiger partial charge in [0.15, 0.2) is 0 Å². The summed E-state index contributed by atoms with van der Waals surface area (Å²) in [4.78, 5) is 24.9. The number of aromatic nitrogens is 1. The molecule has 2 aliphatic heterocycles. The predicted octanol–water partition coefficient (Wildman–Crippen LogP) is 1.37. The van der Waals surface area contributed by atoms with Crippen LogP contribution in [0.25, 0.3) is 6.08 Å². The highest BCUT2D eigenvalue weighted by molar-refractivity contribution is 8.03. The molecule has 0 bridgehead atoms. The summed E-state index contributed by atoms with van der Waals surface area (Å²) in [7, 11) is 0. The minimum Gasteiger partial charge on any atom is -0.477 e. The zero-order valence-corrected chi connectivity index (χ0v) is 9.99. The monoisotopic (exact) mass is 266 g/mol. The maximum atomic E-state index is 11.8. The molecule has 0 aliphatic carbocycles. The van der Waals surface area contributed by atoms with Crippen LogP contribution < -0.4 is 0 Å². The SMILES string of the molecule is O=C(O)C1=CS[C@H]2/C(=C\c3ccns3)C(=O)N12. The van der Waals surface area contributed by atoms with Gasteiger partial charge < -0.3 is 5.11 Å². The predicted molar refractivity (Wildman–Crippen MR) is 64.0 cm³/mol. The molecule has 0 saturated carbocycles. The molecule has 1 atom stereocenters. The smallest absolute Gasteiger partial charge is 0.353 e. The molecule has 3 heterocycles. The average Bonchev–Trinajstić information content (AvgIpc) is 2.93. The lowest BCUT2D eigenvalue weighted by Gasteiger charge is -2.37. The highest BCUT2D eigenvalue weighted by Crippen LogP contribution is 2.45. The highest BCUT2D eigenvalue weighted by atomic mass is 32.2. The summed E-state index contributed by atoms with van der Waals surface area (Å²) in [6.45, 7) is 0. The molecule has 1 fully saturated rings. The van der Waals surface area contributed by atoms with E-state index in [1.807, 2.05) is 6.07 Å². The minimum absolute atomic E-state index is 0.0615. The number of aliphatic carboxylic acids is 1. The Morgan fingerprint density at radius 1 is 1.59 bits per heavy atom. The maximum absolute atomic E-state index is 11.8. The number of carbonyl (C=O) groups is 2. The Balaban J connectivity index is 1.87. The number of fused-ring (bicyclic) bond motifs is 1. The standard InChI is InChI=1S/C10H6N2O3S2/c13-8-6(3-5-1-2-11-17-5)9-12(8)7(4-16-9)10(14)15/h1-4,9H,(H,14,15)/b6-3-/t9-/m0/s1. The molecule has 1 aromatic rings. The van der Waals surface area contributed by atoms with E-state index in [4.69, 9.17) is 5.11 Å². The van der Waals surface area contributed by atoms with Crippen LogP contribution in [-0.4, -0.2) is 31.6 Å². The molecule has 0 spiro atoms. The Labute approximate surface area is 105 Å². The van der Waals surface area contributed by atoms with Gasteiger partial charge in [-0.1, -0.05) is 0 Å². The molecule has 5 nitrogen and oxygen atoms in total. The Kier molecular flexibility index (Phi) is 2.30. The van der Waals surface area contributed by atoms with Crippen molar-refractivity contribution < 1.29 is 14.7 Å². The third kappa shape index (κ3) is 1.50. The van der Waals surface area contributed by atoms with Gasteiger partial charge in [0, 0.05) is 16.5 Å². The number of amides is 1. The van der Waals surface area contributed by atoms with Gasteiger partial charge in [0.05, 0.1) is 5.57 Å². The van der Waals surface area contributed by atoms with Crippen molar-refractivity contribution in [1.29, 1.82) is 0 Å². The average molecular weight is 266 g/mol. The van der Waals surface area contributed by atoms with Crippen molar-refractivity contribution in [1.82, 2.24) is 9.27 Å². The van der Waals surface area contributed by atoms with Crippen molar-refractivity contribution >= 4 is 41.2 Å². The zero-order valence-electron chi connectivity index (χ0n) is 8.36. The van der Waals surface area contributed by atoms with Gasteiger partial charge >= 0.3 is 5.97 Å². The van der Waals surface area contributed by atoms with Crippen LogP contribution in [0.4, 0.5) is 0 Å². The first kappa shape index (κ1) is 10.5. The molecule has 1 saturated heterocycles. The molecule has 0 radical (unpaired) electrons. The van der Waals surface area contributed by atoms with Gasteiger partial charge in [-0.05, 0) is 23.7 Å². The number of β-lactam (4-membered cyclic amide) rings is 1. The fourth-order valence-corrected chi connectivity index (χ4v) is 3.38. The number of nitrogens with zero attached hydrogens (tertiary/aromatic N) is 2. The fourth-order valence-electron chi connectivity index (χ4n) is 1.72. The minimum atomic E-state index is -1.06. The second-order valence-corrected chi connectivity index (χ2v) is 5.31. The highest BCUT2D eigenvalue weighted by Gasteiger charge is 2.49. The van der Waals surface area contributed by atoms with Gasteiger partial charge in [0.2, 0.25) is 0 Å². The summed E-state index contributed by atoms with van der Waals surface area (Å²) in [5, 5.41) is 10.2. The van der Waals surface area contributed by atoms with Crippen LogP contribution in [0.2, 0.25) is 0 Å². The van der Waals surface area contributed by atoms with Crippen molar-refractivity contribution in [2.45, 2.75) is 5.37 Å².